The summed E-state index contributed by atoms with van der Waals surface area (Å²) in [6, 6.07) is 8.67. The van der Waals surface area contributed by atoms with Crippen LogP contribution in [0.4, 0.5) is 0 Å². The minimum absolute atomic E-state index is 0.0997. The lowest BCUT2D eigenvalue weighted by Crippen LogP contribution is -2.57. The SMILES string of the molecule is Cc1c(C#N)cccc1[C@@H]1CN2CCNCC2CO1. The molecule has 0 bridgehead atoms. The molecule has 2 saturated heterocycles. The van der Waals surface area contributed by atoms with Crippen molar-refractivity contribution in [2.24, 2.45) is 0 Å². The Balaban J connectivity index is 1.82. The summed E-state index contributed by atoms with van der Waals surface area (Å²) in [7, 11) is 0. The summed E-state index contributed by atoms with van der Waals surface area (Å²) in [5.74, 6) is 0. The Labute approximate surface area is 114 Å². The standard InChI is InChI=1S/C15H19N3O/c1-11-12(7-16)3-2-4-14(11)15-9-18-6-5-17-8-13(18)10-19-15/h2-4,13,15,17H,5-6,8-10H2,1H3/t13?,15-/m0/s1. The zero-order valence-corrected chi connectivity index (χ0v) is 11.2. The monoisotopic (exact) mass is 257 g/mol. The van der Waals surface area contributed by atoms with Crippen LogP contribution in [-0.4, -0.2) is 43.7 Å². The molecule has 2 heterocycles. The molecule has 4 heteroatoms. The molecule has 1 unspecified atom stereocenters. The largest absolute Gasteiger partial charge is 0.370 e. The smallest absolute Gasteiger partial charge is 0.0994 e. The van der Waals surface area contributed by atoms with Crippen LogP contribution in [0, 0.1) is 18.3 Å². The highest BCUT2D eigenvalue weighted by Gasteiger charge is 2.31. The van der Waals surface area contributed by atoms with E-state index in [-0.39, 0.29) is 6.10 Å². The maximum Gasteiger partial charge on any atom is 0.0994 e. The number of piperazine rings is 1. The Morgan fingerprint density at radius 1 is 1.47 bits per heavy atom. The van der Waals surface area contributed by atoms with E-state index in [4.69, 9.17) is 10.00 Å². The summed E-state index contributed by atoms with van der Waals surface area (Å²) >= 11 is 0. The zero-order valence-electron chi connectivity index (χ0n) is 11.2. The van der Waals surface area contributed by atoms with Gasteiger partial charge >= 0.3 is 0 Å². The molecule has 0 saturated carbocycles. The number of benzene rings is 1. The van der Waals surface area contributed by atoms with Gasteiger partial charge in [-0.15, -0.1) is 0 Å². The minimum Gasteiger partial charge on any atom is -0.370 e. The van der Waals surface area contributed by atoms with E-state index in [2.05, 4.69) is 22.4 Å². The van der Waals surface area contributed by atoms with E-state index in [9.17, 15) is 0 Å². The molecule has 1 N–H and O–H groups in total. The summed E-state index contributed by atoms with van der Waals surface area (Å²) in [5.41, 5.74) is 2.98. The molecule has 0 aliphatic carbocycles. The van der Waals surface area contributed by atoms with Gasteiger partial charge in [0.15, 0.2) is 0 Å². The van der Waals surface area contributed by atoms with Crippen LogP contribution >= 0.6 is 0 Å². The number of hydrogen-bond acceptors (Lipinski definition) is 4. The lowest BCUT2D eigenvalue weighted by molar-refractivity contribution is -0.0720. The first-order chi connectivity index (χ1) is 9.29. The van der Waals surface area contributed by atoms with Gasteiger partial charge in [0, 0.05) is 32.2 Å². The Kier molecular flexibility index (Phi) is 3.52. The van der Waals surface area contributed by atoms with Gasteiger partial charge in [-0.05, 0) is 24.1 Å². The van der Waals surface area contributed by atoms with E-state index in [1.807, 2.05) is 19.1 Å². The van der Waals surface area contributed by atoms with Gasteiger partial charge in [-0.3, -0.25) is 4.90 Å². The van der Waals surface area contributed by atoms with Crippen molar-refractivity contribution in [1.29, 1.82) is 5.26 Å². The van der Waals surface area contributed by atoms with Crippen LogP contribution in [0.5, 0.6) is 0 Å². The van der Waals surface area contributed by atoms with Crippen LogP contribution in [0.2, 0.25) is 0 Å². The molecule has 0 aromatic heterocycles. The van der Waals surface area contributed by atoms with Crippen molar-refractivity contribution < 1.29 is 4.74 Å². The molecule has 4 nitrogen and oxygen atoms in total. The number of nitrogens with one attached hydrogen (secondary N) is 1. The summed E-state index contributed by atoms with van der Waals surface area (Å²) in [4.78, 5) is 2.50. The first-order valence-corrected chi connectivity index (χ1v) is 6.85. The predicted octanol–water partition coefficient (Wildman–Crippen LogP) is 1.21. The molecule has 100 valence electrons. The summed E-state index contributed by atoms with van der Waals surface area (Å²) in [6.45, 7) is 6.88. The number of fused-ring (bicyclic) bond motifs is 1. The Morgan fingerprint density at radius 3 is 3.21 bits per heavy atom. The number of morpholine rings is 1. The van der Waals surface area contributed by atoms with Crippen molar-refractivity contribution in [2.45, 2.75) is 19.1 Å². The fourth-order valence-electron chi connectivity index (χ4n) is 3.01. The van der Waals surface area contributed by atoms with Crippen LogP contribution in [0.3, 0.4) is 0 Å². The van der Waals surface area contributed by atoms with Gasteiger partial charge in [-0.25, -0.2) is 0 Å². The van der Waals surface area contributed by atoms with E-state index >= 15 is 0 Å². The van der Waals surface area contributed by atoms with Crippen molar-refractivity contribution in [3.05, 3.63) is 34.9 Å². The van der Waals surface area contributed by atoms with Gasteiger partial charge in [0.1, 0.15) is 0 Å². The molecule has 1 aromatic carbocycles. The average molecular weight is 257 g/mol. The molecule has 1 aromatic rings. The molecule has 0 amide bonds. The van der Waals surface area contributed by atoms with Crippen molar-refractivity contribution in [3.8, 4) is 6.07 Å². The van der Waals surface area contributed by atoms with E-state index in [0.717, 1.165) is 49.5 Å². The average Bonchev–Trinajstić information content (AvgIpc) is 2.47. The fraction of sp³-hybridized carbons (Fsp3) is 0.533. The Morgan fingerprint density at radius 2 is 2.37 bits per heavy atom. The van der Waals surface area contributed by atoms with Gasteiger partial charge in [0.25, 0.3) is 0 Å². The van der Waals surface area contributed by atoms with Gasteiger partial charge in [0.2, 0.25) is 0 Å². The highest BCUT2D eigenvalue weighted by molar-refractivity contribution is 5.43. The summed E-state index contributed by atoms with van der Waals surface area (Å²) in [6.07, 6.45) is 0.0997. The van der Waals surface area contributed by atoms with Crippen molar-refractivity contribution in [2.75, 3.05) is 32.8 Å². The third-order valence-corrected chi connectivity index (χ3v) is 4.21. The fourth-order valence-corrected chi connectivity index (χ4v) is 3.01. The van der Waals surface area contributed by atoms with E-state index in [1.54, 1.807) is 0 Å². The minimum atomic E-state index is 0.0997. The van der Waals surface area contributed by atoms with Crippen LogP contribution in [0.25, 0.3) is 0 Å². The quantitative estimate of drug-likeness (QED) is 0.821. The van der Waals surface area contributed by atoms with E-state index in [0.29, 0.717) is 6.04 Å². The van der Waals surface area contributed by atoms with Crippen molar-refractivity contribution in [3.63, 3.8) is 0 Å². The highest BCUT2D eigenvalue weighted by Crippen LogP contribution is 2.28. The maximum atomic E-state index is 9.12. The second-order valence-electron chi connectivity index (χ2n) is 5.31. The predicted molar refractivity (Wildman–Crippen MR) is 72.8 cm³/mol. The first kappa shape index (κ1) is 12.6. The molecular formula is C15H19N3O. The van der Waals surface area contributed by atoms with E-state index in [1.165, 1.54) is 0 Å². The molecule has 19 heavy (non-hydrogen) atoms. The van der Waals surface area contributed by atoms with Crippen molar-refractivity contribution in [1.82, 2.24) is 10.2 Å². The van der Waals surface area contributed by atoms with Gasteiger partial charge in [-0.2, -0.15) is 5.26 Å². The highest BCUT2D eigenvalue weighted by atomic mass is 16.5. The normalized spacial score (nSPS) is 27.6. The van der Waals surface area contributed by atoms with Crippen LogP contribution in [-0.2, 0) is 4.74 Å². The zero-order chi connectivity index (χ0) is 13.2. The first-order valence-electron chi connectivity index (χ1n) is 6.85. The van der Waals surface area contributed by atoms with Gasteiger partial charge < -0.3 is 10.1 Å². The molecule has 0 spiro atoms. The summed E-state index contributed by atoms with van der Waals surface area (Å²) in [5, 5.41) is 12.5. The van der Waals surface area contributed by atoms with Gasteiger partial charge in [-0.1, -0.05) is 12.1 Å². The Hall–Kier alpha value is -1.41. The Bertz CT molecular complexity index is 509. The molecule has 2 atom stereocenters. The molecular weight excluding hydrogens is 238 g/mol. The van der Waals surface area contributed by atoms with Crippen LogP contribution < -0.4 is 5.32 Å². The van der Waals surface area contributed by atoms with E-state index < -0.39 is 0 Å². The van der Waals surface area contributed by atoms with Crippen LogP contribution in [0.15, 0.2) is 18.2 Å². The topological polar surface area (TPSA) is 48.3 Å². The number of nitrogens with zero attached hydrogens (tertiary/aromatic N) is 2. The molecule has 3 rings (SSSR count). The molecule has 2 aliphatic heterocycles. The summed E-state index contributed by atoms with van der Waals surface area (Å²) < 4.78 is 6.02. The number of nitriles is 1. The molecule has 2 aliphatic rings. The third kappa shape index (κ3) is 2.37. The van der Waals surface area contributed by atoms with Crippen LogP contribution in [0.1, 0.15) is 22.8 Å². The second kappa shape index (κ2) is 5.30. The molecule has 0 radical (unpaired) electrons. The van der Waals surface area contributed by atoms with Gasteiger partial charge in [0.05, 0.1) is 24.3 Å². The second-order valence-corrected chi connectivity index (χ2v) is 5.31. The lowest BCUT2D eigenvalue weighted by Gasteiger charge is -2.43. The van der Waals surface area contributed by atoms with Crippen molar-refractivity contribution >= 4 is 0 Å². The maximum absolute atomic E-state index is 9.12. The molecule has 2 fully saturated rings. The number of hydrogen-bond donors (Lipinski definition) is 1. The number of ether oxygens (including phenoxy) is 1. The number of rotatable bonds is 1. The lowest BCUT2D eigenvalue weighted by atomic mass is 9.97. The third-order valence-electron chi connectivity index (χ3n) is 4.21.